The number of hydrazine groups is 1. The van der Waals surface area contributed by atoms with Crippen molar-refractivity contribution in [1.29, 1.82) is 0 Å². The lowest BCUT2D eigenvalue weighted by Crippen LogP contribution is -2.32. The van der Waals surface area contributed by atoms with Gasteiger partial charge in [-0.2, -0.15) is 22.5 Å². The standard InChI is InChI=1S/C19H26F3N7OS/c1-11-15(30-12-6-4-3-5-7-12)9-8-13(26-11)16(23)14(29(2)24)10-25-18-27-17(28-31-18)19(20,21)22/h8-9,12H,3-7,10,23-24H2,1-2H3,(H,25,27,28)/b16-14-. The Balaban J connectivity index is 1.74. The van der Waals surface area contributed by atoms with E-state index in [0.29, 0.717) is 34.3 Å². The molecule has 5 N–H and O–H groups in total. The van der Waals surface area contributed by atoms with E-state index in [0.717, 1.165) is 18.6 Å². The van der Waals surface area contributed by atoms with Gasteiger partial charge in [0.15, 0.2) is 0 Å². The molecule has 8 nitrogen and oxygen atoms in total. The maximum atomic E-state index is 12.7. The van der Waals surface area contributed by atoms with Gasteiger partial charge in [0, 0.05) is 18.6 Å². The van der Waals surface area contributed by atoms with E-state index in [4.69, 9.17) is 16.3 Å². The van der Waals surface area contributed by atoms with Crippen molar-refractivity contribution < 1.29 is 17.9 Å². The SMILES string of the molecule is Cc1nc(/C(N)=C(\CNc2nc(C(F)(F)F)ns2)N(C)N)ccc1OC1CCCCC1. The molecule has 2 heterocycles. The number of halogens is 3. The molecule has 1 aliphatic carbocycles. The summed E-state index contributed by atoms with van der Waals surface area (Å²) in [6.07, 6.45) is 1.28. The van der Waals surface area contributed by atoms with Crippen molar-refractivity contribution in [2.75, 3.05) is 18.9 Å². The van der Waals surface area contributed by atoms with Crippen LogP contribution in [0, 0.1) is 6.92 Å². The predicted molar refractivity (Wildman–Crippen MR) is 113 cm³/mol. The second-order valence-electron chi connectivity index (χ2n) is 7.40. The van der Waals surface area contributed by atoms with Crippen LogP contribution in [-0.4, -0.2) is 39.0 Å². The van der Waals surface area contributed by atoms with Crippen molar-refractivity contribution in [2.45, 2.75) is 51.3 Å². The van der Waals surface area contributed by atoms with Crippen molar-refractivity contribution in [3.8, 4) is 5.75 Å². The first-order valence-electron chi connectivity index (χ1n) is 9.91. The summed E-state index contributed by atoms with van der Waals surface area (Å²) in [4.78, 5) is 7.98. The van der Waals surface area contributed by atoms with Crippen LogP contribution in [0.5, 0.6) is 5.75 Å². The van der Waals surface area contributed by atoms with E-state index >= 15 is 0 Å². The van der Waals surface area contributed by atoms with Gasteiger partial charge in [-0.1, -0.05) is 6.42 Å². The first kappa shape index (κ1) is 23.1. The van der Waals surface area contributed by atoms with Crippen LogP contribution < -0.4 is 21.6 Å². The van der Waals surface area contributed by atoms with E-state index in [-0.39, 0.29) is 17.8 Å². The maximum absolute atomic E-state index is 12.7. The Labute approximate surface area is 182 Å². The lowest BCUT2D eigenvalue weighted by molar-refractivity contribution is -0.144. The molecule has 0 saturated heterocycles. The Hall–Kier alpha value is -2.60. The van der Waals surface area contributed by atoms with Crippen LogP contribution in [0.1, 0.15) is 49.3 Å². The number of anilines is 1. The van der Waals surface area contributed by atoms with E-state index in [1.807, 2.05) is 13.0 Å². The minimum atomic E-state index is -4.60. The molecule has 0 unspecified atom stereocenters. The number of hydrogen-bond donors (Lipinski definition) is 3. The van der Waals surface area contributed by atoms with E-state index in [9.17, 15) is 13.2 Å². The van der Waals surface area contributed by atoms with Gasteiger partial charge >= 0.3 is 6.18 Å². The van der Waals surface area contributed by atoms with Crippen molar-refractivity contribution in [2.24, 2.45) is 11.6 Å². The molecule has 12 heteroatoms. The fraction of sp³-hybridized carbons (Fsp3) is 0.526. The third kappa shape index (κ3) is 5.97. The monoisotopic (exact) mass is 457 g/mol. The molecule has 1 fully saturated rings. The zero-order valence-electron chi connectivity index (χ0n) is 17.4. The number of alkyl halides is 3. The van der Waals surface area contributed by atoms with Crippen molar-refractivity contribution in [1.82, 2.24) is 19.4 Å². The molecule has 0 bridgehead atoms. The van der Waals surface area contributed by atoms with E-state index in [2.05, 4.69) is 19.7 Å². The van der Waals surface area contributed by atoms with Gasteiger partial charge in [-0.05, 0) is 44.7 Å². The van der Waals surface area contributed by atoms with Gasteiger partial charge in [0.2, 0.25) is 11.0 Å². The zero-order chi connectivity index (χ0) is 22.6. The molecule has 0 amide bonds. The summed E-state index contributed by atoms with van der Waals surface area (Å²) in [5, 5.41) is 4.09. The fourth-order valence-corrected chi connectivity index (χ4v) is 3.89. The van der Waals surface area contributed by atoms with Crippen molar-refractivity contribution in [3.05, 3.63) is 35.0 Å². The van der Waals surface area contributed by atoms with Crippen LogP contribution in [0.25, 0.3) is 5.70 Å². The van der Waals surface area contributed by atoms with E-state index in [1.165, 1.54) is 24.3 Å². The Bertz CT molecular complexity index is 923. The molecule has 2 aromatic heterocycles. The molecule has 0 radical (unpaired) electrons. The van der Waals surface area contributed by atoms with Gasteiger partial charge in [0.05, 0.1) is 35.4 Å². The highest BCUT2D eigenvalue weighted by Gasteiger charge is 2.36. The number of likely N-dealkylation sites (N-methyl/N-ethyl adjacent to an activating group) is 1. The van der Waals surface area contributed by atoms with Gasteiger partial charge in [-0.25, -0.2) is 10.8 Å². The molecule has 0 aliphatic heterocycles. The third-order valence-corrected chi connectivity index (χ3v) is 5.66. The summed E-state index contributed by atoms with van der Waals surface area (Å²) in [6, 6.07) is 3.58. The molecule has 0 aromatic carbocycles. The van der Waals surface area contributed by atoms with E-state index in [1.54, 1.807) is 13.1 Å². The number of ether oxygens (including phenoxy) is 1. The first-order chi connectivity index (χ1) is 14.6. The van der Waals surface area contributed by atoms with Gasteiger partial charge in [0.25, 0.3) is 0 Å². The number of rotatable bonds is 7. The number of aromatic nitrogens is 3. The van der Waals surface area contributed by atoms with Crippen molar-refractivity contribution >= 4 is 22.4 Å². The first-order valence-corrected chi connectivity index (χ1v) is 10.7. The molecule has 170 valence electrons. The molecular formula is C19H26F3N7OS. The van der Waals surface area contributed by atoms with Crippen LogP contribution >= 0.6 is 11.5 Å². The highest BCUT2D eigenvalue weighted by molar-refractivity contribution is 7.09. The summed E-state index contributed by atoms with van der Waals surface area (Å²) in [6.45, 7) is 1.89. The highest BCUT2D eigenvalue weighted by atomic mass is 32.1. The smallest absolute Gasteiger partial charge is 0.452 e. The Morgan fingerprint density at radius 1 is 1.26 bits per heavy atom. The maximum Gasteiger partial charge on any atom is 0.452 e. The number of aryl methyl sites for hydroxylation is 1. The molecule has 3 rings (SSSR count). The quantitative estimate of drug-likeness (QED) is 0.427. The highest BCUT2D eigenvalue weighted by Crippen LogP contribution is 2.29. The second kappa shape index (κ2) is 9.69. The summed E-state index contributed by atoms with van der Waals surface area (Å²) in [5.41, 5.74) is 8.22. The van der Waals surface area contributed by atoms with Crippen LogP contribution in [0.2, 0.25) is 0 Å². The number of nitrogens with one attached hydrogen (secondary N) is 1. The lowest BCUT2D eigenvalue weighted by Gasteiger charge is -2.24. The predicted octanol–water partition coefficient (Wildman–Crippen LogP) is 3.52. The number of nitrogens with two attached hydrogens (primary N) is 2. The average Bonchev–Trinajstić information content (AvgIpc) is 3.19. The normalized spacial score (nSPS) is 16.1. The summed E-state index contributed by atoms with van der Waals surface area (Å²) in [7, 11) is 1.58. The minimum Gasteiger partial charge on any atom is -0.489 e. The van der Waals surface area contributed by atoms with Gasteiger partial charge in [-0.3, -0.25) is 0 Å². The molecule has 31 heavy (non-hydrogen) atoms. The van der Waals surface area contributed by atoms with Crippen LogP contribution in [0.3, 0.4) is 0 Å². The summed E-state index contributed by atoms with van der Waals surface area (Å²) < 4.78 is 47.4. The Morgan fingerprint density at radius 2 is 1.97 bits per heavy atom. The molecule has 0 atom stereocenters. The molecule has 1 saturated carbocycles. The summed E-state index contributed by atoms with van der Waals surface area (Å²) >= 11 is 0.611. The van der Waals surface area contributed by atoms with Gasteiger partial charge in [0.1, 0.15) is 5.75 Å². The average molecular weight is 458 g/mol. The number of pyridine rings is 1. The van der Waals surface area contributed by atoms with Crippen LogP contribution in [-0.2, 0) is 6.18 Å². The number of nitrogens with zero attached hydrogens (tertiary/aromatic N) is 4. The molecule has 0 spiro atoms. The Kier molecular flexibility index (Phi) is 7.21. The van der Waals surface area contributed by atoms with Crippen LogP contribution in [0.4, 0.5) is 18.3 Å². The lowest BCUT2D eigenvalue weighted by atomic mass is 9.98. The number of hydrogen-bond acceptors (Lipinski definition) is 9. The second-order valence-corrected chi connectivity index (χ2v) is 8.16. The summed E-state index contributed by atoms with van der Waals surface area (Å²) in [5.74, 6) is 5.43. The largest absolute Gasteiger partial charge is 0.489 e. The fourth-order valence-electron chi connectivity index (χ4n) is 3.31. The third-order valence-electron chi connectivity index (χ3n) is 4.98. The topological polar surface area (TPSA) is 115 Å². The van der Waals surface area contributed by atoms with Gasteiger partial charge in [-0.15, -0.1) is 0 Å². The molecule has 2 aromatic rings. The van der Waals surface area contributed by atoms with E-state index < -0.39 is 12.0 Å². The zero-order valence-corrected chi connectivity index (χ0v) is 18.2. The van der Waals surface area contributed by atoms with Crippen LogP contribution in [0.15, 0.2) is 17.8 Å². The molecule has 1 aliphatic rings. The van der Waals surface area contributed by atoms with Gasteiger partial charge < -0.3 is 20.8 Å². The molecular weight excluding hydrogens is 431 g/mol. The van der Waals surface area contributed by atoms with Crippen molar-refractivity contribution in [3.63, 3.8) is 0 Å². The Morgan fingerprint density at radius 3 is 2.55 bits per heavy atom. The minimum absolute atomic E-state index is 0.0137.